The normalized spacial score (nSPS) is 11.7. The summed E-state index contributed by atoms with van der Waals surface area (Å²) in [5, 5.41) is 3.51. The zero-order chi connectivity index (χ0) is 37.4. The number of rotatable bonds is 7. The zero-order valence-corrected chi connectivity index (χ0v) is 36.1. The predicted molar refractivity (Wildman–Crippen MR) is 224 cm³/mol. The number of pyridine rings is 2. The van der Waals surface area contributed by atoms with Crippen molar-refractivity contribution in [3.8, 4) is 28.3 Å². The molecular formula is C47H48IrN4OSi-2. The van der Waals surface area contributed by atoms with Crippen LogP contribution >= 0.6 is 0 Å². The Bertz CT molecular complexity index is 2540. The van der Waals surface area contributed by atoms with Crippen LogP contribution in [0.25, 0.3) is 61.4 Å². The first-order valence-corrected chi connectivity index (χ1v) is 22.2. The van der Waals surface area contributed by atoms with Gasteiger partial charge in [-0.1, -0.05) is 107 Å². The van der Waals surface area contributed by atoms with Crippen molar-refractivity contribution in [2.24, 2.45) is 0 Å². The summed E-state index contributed by atoms with van der Waals surface area (Å²) in [6.07, 6.45) is 3.16. The number of imidazole rings is 1. The van der Waals surface area contributed by atoms with Crippen molar-refractivity contribution in [3.05, 3.63) is 138 Å². The van der Waals surface area contributed by atoms with E-state index in [4.69, 9.17) is 9.40 Å². The minimum Gasteiger partial charge on any atom is -0.486 e. The average molecular weight is 905 g/mol. The fourth-order valence-corrected chi connectivity index (χ4v) is 8.90. The van der Waals surface area contributed by atoms with E-state index in [1.54, 1.807) is 0 Å². The van der Waals surface area contributed by atoms with Gasteiger partial charge in [-0.15, -0.1) is 54.1 Å². The van der Waals surface area contributed by atoms with Crippen LogP contribution in [-0.4, -0.2) is 27.6 Å². The van der Waals surface area contributed by atoms with Crippen LogP contribution in [0.2, 0.25) is 19.6 Å². The van der Waals surface area contributed by atoms with Gasteiger partial charge in [0.25, 0.3) is 0 Å². The van der Waals surface area contributed by atoms with Gasteiger partial charge < -0.3 is 14.0 Å². The average Bonchev–Trinajstić information content (AvgIpc) is 3.72. The molecule has 54 heavy (non-hydrogen) atoms. The van der Waals surface area contributed by atoms with Gasteiger partial charge >= 0.3 is 0 Å². The molecule has 0 saturated heterocycles. The van der Waals surface area contributed by atoms with Crippen LogP contribution < -0.4 is 5.19 Å². The van der Waals surface area contributed by atoms with Crippen molar-refractivity contribution >= 4 is 46.4 Å². The molecule has 7 heteroatoms. The third-order valence-corrected chi connectivity index (χ3v) is 12.0. The number of nitrogens with zero attached hydrogens (tertiary/aromatic N) is 4. The van der Waals surface area contributed by atoms with E-state index in [0.29, 0.717) is 17.5 Å². The first-order valence-electron chi connectivity index (χ1n) is 18.7. The van der Waals surface area contributed by atoms with E-state index in [0.717, 1.165) is 62.1 Å². The van der Waals surface area contributed by atoms with Gasteiger partial charge in [0.1, 0.15) is 0 Å². The maximum absolute atomic E-state index is 6.37. The third kappa shape index (κ3) is 7.50. The molecule has 0 saturated carbocycles. The number of hydrogen-bond donors (Lipinski definition) is 0. The Labute approximate surface area is 334 Å². The Morgan fingerprint density at radius 1 is 0.778 bits per heavy atom. The van der Waals surface area contributed by atoms with Crippen molar-refractivity contribution < 1.29 is 24.5 Å². The molecule has 0 aliphatic rings. The van der Waals surface area contributed by atoms with E-state index in [1.807, 2.05) is 43.3 Å². The number of furan rings is 1. The predicted octanol–water partition coefficient (Wildman–Crippen LogP) is 12.0. The molecule has 0 atom stereocenters. The molecule has 277 valence electrons. The van der Waals surface area contributed by atoms with E-state index in [1.165, 1.54) is 27.6 Å². The van der Waals surface area contributed by atoms with Crippen LogP contribution in [0.4, 0.5) is 0 Å². The summed E-state index contributed by atoms with van der Waals surface area (Å²) < 4.78 is 8.68. The summed E-state index contributed by atoms with van der Waals surface area (Å²) in [7, 11) is -1.30. The van der Waals surface area contributed by atoms with Gasteiger partial charge in [0.15, 0.2) is 0 Å². The first-order chi connectivity index (χ1) is 25.5. The number of fused-ring (bicyclic) bond motifs is 4. The van der Waals surface area contributed by atoms with Crippen LogP contribution in [0.5, 0.6) is 0 Å². The Morgan fingerprint density at radius 2 is 1.50 bits per heavy atom. The number of hydrogen-bond acceptors (Lipinski definition) is 4. The summed E-state index contributed by atoms with van der Waals surface area (Å²) in [6.45, 7) is 20.3. The standard InChI is InChI=1S/C31H28N3O.C16H20NSi.Ir/c1-18(2)21-10-8-11-22(19(3)4)28(21)34-27-15-7-6-14-26(27)33-30(34)25-13-9-12-23-24-17-16-20(5)32-31(24)35-29(23)25;1-5-13-11-15(14-9-7-6-8-10-14)17-12-16(13)18(2,3)4;/h6-12,14-19H,1-5H3;6-9,11-12H,5H2,1-4H3;/q2*-1;. The number of aryl methyl sites for hydroxylation is 2. The molecule has 0 N–H and O–H groups in total. The number of aromatic nitrogens is 4. The topological polar surface area (TPSA) is 56.7 Å². The van der Waals surface area contributed by atoms with Crippen molar-refractivity contribution in [2.45, 2.75) is 79.4 Å². The number of para-hydroxylation sites is 3. The summed E-state index contributed by atoms with van der Waals surface area (Å²) in [5.74, 6) is 1.55. The van der Waals surface area contributed by atoms with Gasteiger partial charge in [0.05, 0.1) is 30.5 Å². The van der Waals surface area contributed by atoms with Gasteiger partial charge in [-0.2, -0.15) is 0 Å². The van der Waals surface area contributed by atoms with Crippen LogP contribution in [0.1, 0.15) is 68.8 Å². The molecule has 0 spiro atoms. The molecule has 4 aromatic heterocycles. The second-order valence-corrected chi connectivity index (χ2v) is 20.5. The van der Waals surface area contributed by atoms with Crippen LogP contribution in [0.15, 0.2) is 108 Å². The van der Waals surface area contributed by atoms with Crippen molar-refractivity contribution in [1.29, 1.82) is 0 Å². The van der Waals surface area contributed by atoms with E-state index >= 15 is 0 Å². The minimum absolute atomic E-state index is 0. The van der Waals surface area contributed by atoms with Gasteiger partial charge in [-0.05, 0) is 71.5 Å². The monoisotopic (exact) mass is 905 g/mol. The molecule has 0 aliphatic heterocycles. The molecule has 0 bridgehead atoms. The van der Waals surface area contributed by atoms with Crippen LogP contribution in [-0.2, 0) is 26.5 Å². The summed E-state index contributed by atoms with van der Waals surface area (Å²) in [4.78, 5) is 14.4. The van der Waals surface area contributed by atoms with E-state index in [9.17, 15) is 0 Å². The van der Waals surface area contributed by atoms with Crippen molar-refractivity contribution in [1.82, 2.24) is 19.5 Å². The largest absolute Gasteiger partial charge is 0.486 e. The molecule has 4 heterocycles. The van der Waals surface area contributed by atoms with Gasteiger partial charge in [0, 0.05) is 43.1 Å². The molecule has 4 aromatic carbocycles. The Hall–Kier alpha value is -4.68. The maximum atomic E-state index is 6.37. The second kappa shape index (κ2) is 16.0. The van der Waals surface area contributed by atoms with Gasteiger partial charge in [0.2, 0.25) is 5.71 Å². The Balaban J connectivity index is 0.000000222. The van der Waals surface area contributed by atoms with Gasteiger partial charge in [-0.3, -0.25) is 4.98 Å². The quantitative estimate of drug-likeness (QED) is 0.118. The Morgan fingerprint density at radius 3 is 2.17 bits per heavy atom. The van der Waals surface area contributed by atoms with Crippen molar-refractivity contribution in [3.63, 3.8) is 0 Å². The molecule has 8 aromatic rings. The summed E-state index contributed by atoms with van der Waals surface area (Å²) >= 11 is 0. The molecule has 0 amide bonds. The molecule has 1 radical (unpaired) electrons. The maximum Gasteiger partial charge on any atom is 0.216 e. The van der Waals surface area contributed by atoms with E-state index < -0.39 is 8.07 Å². The first kappa shape index (κ1) is 39.0. The fourth-order valence-electron chi connectivity index (χ4n) is 7.24. The molecular weight excluding hydrogens is 857 g/mol. The summed E-state index contributed by atoms with van der Waals surface area (Å²) in [5.41, 5.74) is 12.6. The smallest absolute Gasteiger partial charge is 0.216 e. The SMILES string of the molecule is CCc1cc(-c2[c-]cccc2)ncc1[Si](C)(C)C.Cc1ccc2c(n1)oc1c(-c3nc4ccccc4n3-c3c(C(C)C)cccc3C(C)C)[c-]ccc12.[Ir]. The second-order valence-electron chi connectivity index (χ2n) is 15.5. The molecule has 0 unspecified atom stereocenters. The Kier molecular flexibility index (Phi) is 11.5. The minimum atomic E-state index is -1.30. The van der Waals surface area contributed by atoms with Crippen LogP contribution in [0.3, 0.4) is 0 Å². The van der Waals surface area contributed by atoms with Crippen molar-refractivity contribution in [2.75, 3.05) is 0 Å². The van der Waals surface area contributed by atoms with Gasteiger partial charge in [-0.25, -0.2) is 4.98 Å². The molecule has 0 fully saturated rings. The van der Waals surface area contributed by atoms with E-state index in [2.05, 4.69) is 148 Å². The molecule has 0 aliphatic carbocycles. The molecule has 8 rings (SSSR count). The molecule has 5 nitrogen and oxygen atoms in total. The fraction of sp³-hybridized carbons (Fsp3) is 0.255. The summed E-state index contributed by atoms with van der Waals surface area (Å²) in [6, 6.07) is 40.1. The zero-order valence-electron chi connectivity index (χ0n) is 32.7. The number of benzene rings is 4. The third-order valence-electron chi connectivity index (χ3n) is 9.95. The van der Waals surface area contributed by atoms with E-state index in [-0.39, 0.29) is 20.1 Å². The van der Waals surface area contributed by atoms with Crippen LogP contribution in [0, 0.1) is 19.1 Å².